The van der Waals surface area contributed by atoms with E-state index in [0.29, 0.717) is 4.90 Å². The van der Waals surface area contributed by atoms with Crippen LogP contribution in [0.25, 0.3) is 0 Å². The Morgan fingerprint density at radius 2 is 1.71 bits per heavy atom. The summed E-state index contributed by atoms with van der Waals surface area (Å²) in [5.41, 5.74) is -2.49. The molecule has 0 aliphatic carbocycles. The first kappa shape index (κ1) is 27.7. The lowest BCUT2D eigenvalue weighted by Crippen LogP contribution is -2.59. The molecule has 1 aliphatic rings. The minimum absolute atomic E-state index is 0.0864. The average molecular weight is 513 g/mol. The molecule has 15 heteroatoms. The molecule has 3 N–H and O–H groups in total. The number of halogens is 6. The van der Waals surface area contributed by atoms with Crippen LogP contribution in [0.15, 0.2) is 18.2 Å². The molecular weight excluding hydrogens is 492 g/mol. The zero-order valence-electron chi connectivity index (χ0n) is 18.5. The van der Waals surface area contributed by atoms with Gasteiger partial charge in [-0.3, -0.25) is 24.1 Å². The summed E-state index contributed by atoms with van der Waals surface area (Å²) in [4.78, 5) is 50.0. The summed E-state index contributed by atoms with van der Waals surface area (Å²) in [6.45, 7) is 0.0526. The smallest absolute Gasteiger partial charge is 0.455 e. The van der Waals surface area contributed by atoms with Crippen molar-refractivity contribution >= 4 is 29.4 Å². The first-order chi connectivity index (χ1) is 15.9. The molecule has 9 nitrogen and oxygen atoms in total. The molecule has 0 spiro atoms. The minimum atomic E-state index is -5.94. The van der Waals surface area contributed by atoms with Crippen molar-refractivity contribution in [1.29, 1.82) is 0 Å². The molecule has 194 valence electrons. The van der Waals surface area contributed by atoms with Gasteiger partial charge in [-0.1, -0.05) is 0 Å². The Kier molecular flexibility index (Phi) is 7.62. The van der Waals surface area contributed by atoms with Gasteiger partial charge in [-0.25, -0.2) is 4.39 Å². The Morgan fingerprint density at radius 1 is 1.11 bits per heavy atom. The summed E-state index contributed by atoms with van der Waals surface area (Å²) >= 11 is 0. The van der Waals surface area contributed by atoms with Crippen molar-refractivity contribution in [1.82, 2.24) is 10.6 Å². The van der Waals surface area contributed by atoms with Crippen LogP contribution in [0.4, 0.5) is 32.0 Å². The molecule has 0 aromatic heterocycles. The fourth-order valence-corrected chi connectivity index (χ4v) is 2.97. The maximum absolute atomic E-state index is 13.8. The quantitative estimate of drug-likeness (QED) is 0.378. The van der Waals surface area contributed by atoms with Crippen LogP contribution in [0, 0.1) is 11.2 Å². The number of alkyl halides is 5. The monoisotopic (exact) mass is 513 g/mol. The molecule has 0 unspecified atom stereocenters. The summed E-state index contributed by atoms with van der Waals surface area (Å²) in [7, 11) is 0. The largest absolute Gasteiger partial charge is 0.486 e. The SMILES string of the molecule is C[C@H]1Oc2ccc(F)cc2N(CC(=O)O)C(=O)[C@H]1NC(=O)C(C)(C)C(=O)NCC(F)(F)C(F)(F)F. The van der Waals surface area contributed by atoms with Gasteiger partial charge in [-0.2, -0.15) is 22.0 Å². The lowest BCUT2D eigenvalue weighted by molar-refractivity contribution is -0.278. The molecule has 0 saturated carbocycles. The molecule has 1 aliphatic heterocycles. The maximum atomic E-state index is 13.8. The third-order valence-electron chi connectivity index (χ3n) is 5.13. The predicted molar refractivity (Wildman–Crippen MR) is 106 cm³/mol. The van der Waals surface area contributed by atoms with Gasteiger partial charge in [0.25, 0.3) is 5.91 Å². The molecule has 0 bridgehead atoms. The molecule has 3 amide bonds. The number of nitrogens with one attached hydrogen (secondary N) is 2. The van der Waals surface area contributed by atoms with Crippen LogP contribution in [-0.2, 0) is 19.2 Å². The minimum Gasteiger partial charge on any atom is -0.486 e. The molecule has 2 rings (SSSR count). The van der Waals surface area contributed by atoms with E-state index >= 15 is 0 Å². The van der Waals surface area contributed by atoms with Gasteiger partial charge in [0.2, 0.25) is 11.8 Å². The number of rotatable bonds is 7. The number of aliphatic carboxylic acids is 1. The van der Waals surface area contributed by atoms with E-state index in [0.717, 1.165) is 32.0 Å². The molecule has 0 saturated heterocycles. The van der Waals surface area contributed by atoms with Crippen molar-refractivity contribution in [2.24, 2.45) is 5.41 Å². The van der Waals surface area contributed by atoms with Crippen LogP contribution < -0.4 is 20.3 Å². The highest BCUT2D eigenvalue weighted by atomic mass is 19.4. The van der Waals surface area contributed by atoms with Gasteiger partial charge in [-0.15, -0.1) is 0 Å². The first-order valence-corrected chi connectivity index (χ1v) is 9.91. The Labute approximate surface area is 194 Å². The van der Waals surface area contributed by atoms with Crippen LogP contribution in [-0.4, -0.2) is 66.1 Å². The van der Waals surface area contributed by atoms with Crippen molar-refractivity contribution < 1.29 is 55.4 Å². The number of carbonyl (C=O) groups is 4. The van der Waals surface area contributed by atoms with Gasteiger partial charge < -0.3 is 20.5 Å². The number of nitrogens with zero attached hydrogens (tertiary/aromatic N) is 1. The van der Waals surface area contributed by atoms with E-state index in [1.54, 1.807) is 0 Å². The number of benzene rings is 1. The zero-order valence-corrected chi connectivity index (χ0v) is 18.5. The molecule has 1 heterocycles. The topological polar surface area (TPSA) is 125 Å². The Bertz CT molecular complexity index is 1030. The number of anilines is 1. The van der Waals surface area contributed by atoms with Crippen LogP contribution in [0.1, 0.15) is 20.8 Å². The highest BCUT2D eigenvalue weighted by Gasteiger charge is 2.57. The number of amides is 3. The van der Waals surface area contributed by atoms with Gasteiger partial charge in [0.05, 0.1) is 12.2 Å². The van der Waals surface area contributed by atoms with Gasteiger partial charge >= 0.3 is 18.1 Å². The second kappa shape index (κ2) is 9.62. The van der Waals surface area contributed by atoms with Gasteiger partial charge in [0.15, 0.2) is 0 Å². The second-order valence-electron chi connectivity index (χ2n) is 8.21. The van der Waals surface area contributed by atoms with E-state index in [2.05, 4.69) is 5.32 Å². The number of ether oxygens (including phenoxy) is 1. The van der Waals surface area contributed by atoms with Crippen LogP contribution >= 0.6 is 0 Å². The normalized spacial score (nSPS) is 18.8. The van der Waals surface area contributed by atoms with E-state index in [1.807, 2.05) is 0 Å². The number of fused-ring (bicyclic) bond motifs is 1. The second-order valence-corrected chi connectivity index (χ2v) is 8.21. The third kappa shape index (κ3) is 5.95. The lowest BCUT2D eigenvalue weighted by atomic mass is 9.90. The maximum Gasteiger partial charge on any atom is 0.455 e. The van der Waals surface area contributed by atoms with E-state index < -0.39 is 72.3 Å². The Balaban J connectivity index is 2.27. The number of carboxylic acids is 1. The summed E-state index contributed by atoms with van der Waals surface area (Å²) in [6, 6.07) is 1.32. The Hall–Kier alpha value is -3.52. The van der Waals surface area contributed by atoms with Crippen molar-refractivity contribution in [2.45, 2.75) is 45.0 Å². The lowest BCUT2D eigenvalue weighted by Gasteiger charge is -2.30. The van der Waals surface area contributed by atoms with Crippen molar-refractivity contribution in [2.75, 3.05) is 18.0 Å². The number of carboxylic acid groups (broad SMARTS) is 1. The highest BCUT2D eigenvalue weighted by molar-refractivity contribution is 6.08. The van der Waals surface area contributed by atoms with E-state index in [9.17, 15) is 50.6 Å². The molecule has 0 radical (unpaired) electrons. The average Bonchev–Trinajstić information content (AvgIpc) is 2.81. The fourth-order valence-electron chi connectivity index (χ4n) is 2.97. The summed E-state index contributed by atoms with van der Waals surface area (Å²) in [5.74, 6) is -11.5. The van der Waals surface area contributed by atoms with Gasteiger partial charge in [0.1, 0.15) is 35.7 Å². The summed E-state index contributed by atoms with van der Waals surface area (Å²) in [5, 5.41) is 12.7. The van der Waals surface area contributed by atoms with Crippen molar-refractivity contribution in [3.8, 4) is 5.75 Å². The van der Waals surface area contributed by atoms with Crippen molar-refractivity contribution in [3.63, 3.8) is 0 Å². The van der Waals surface area contributed by atoms with E-state index in [1.165, 1.54) is 12.2 Å². The predicted octanol–water partition coefficient (Wildman–Crippen LogP) is 1.85. The number of carbonyl (C=O) groups excluding carboxylic acids is 3. The first-order valence-electron chi connectivity index (χ1n) is 9.91. The molecular formula is C20H21F6N3O6. The van der Waals surface area contributed by atoms with Gasteiger partial charge in [0, 0.05) is 6.07 Å². The molecule has 0 fully saturated rings. The van der Waals surface area contributed by atoms with Crippen molar-refractivity contribution in [3.05, 3.63) is 24.0 Å². The zero-order chi connectivity index (χ0) is 26.9. The van der Waals surface area contributed by atoms with Gasteiger partial charge in [-0.05, 0) is 32.9 Å². The van der Waals surface area contributed by atoms with E-state index in [4.69, 9.17) is 4.74 Å². The molecule has 1 aromatic rings. The summed E-state index contributed by atoms with van der Waals surface area (Å²) < 4.78 is 82.6. The molecule has 2 atom stereocenters. The standard InChI is InChI=1S/C20H21F6N3O6/c1-9-14(15(32)29(7-13(30)31)11-6-10(21)4-5-12(11)35-9)28-17(34)18(2,3)16(33)27-8-19(22,23)20(24,25)26/h4-6,9,14H,7-8H2,1-3H3,(H,27,33)(H,28,34)(H,30,31)/t9-,14+/m1/s1. The summed E-state index contributed by atoms with van der Waals surface area (Å²) in [6.07, 6.45) is -7.13. The molecule has 1 aromatic carbocycles. The van der Waals surface area contributed by atoms with Crippen LogP contribution in [0.2, 0.25) is 0 Å². The van der Waals surface area contributed by atoms with Crippen LogP contribution in [0.3, 0.4) is 0 Å². The highest BCUT2D eigenvalue weighted by Crippen LogP contribution is 2.36. The molecule has 35 heavy (non-hydrogen) atoms. The number of hydrogen-bond acceptors (Lipinski definition) is 5. The third-order valence-corrected chi connectivity index (χ3v) is 5.13. The number of hydrogen-bond donors (Lipinski definition) is 3. The Morgan fingerprint density at radius 3 is 2.26 bits per heavy atom. The van der Waals surface area contributed by atoms with E-state index in [-0.39, 0.29) is 11.4 Å². The van der Waals surface area contributed by atoms with Crippen LogP contribution in [0.5, 0.6) is 5.75 Å². The fraction of sp³-hybridized carbons (Fsp3) is 0.500.